The van der Waals surface area contributed by atoms with E-state index < -0.39 is 12.0 Å². The molecule has 0 aliphatic heterocycles. The summed E-state index contributed by atoms with van der Waals surface area (Å²) in [7, 11) is 4.88. The lowest BCUT2D eigenvalue weighted by Gasteiger charge is -2.31. The molecule has 1 aromatic carbocycles. The quantitative estimate of drug-likeness (QED) is 0.429. The smallest absolute Gasteiger partial charge is 0.325 e. The van der Waals surface area contributed by atoms with E-state index in [1.165, 1.54) is 19.2 Å². The Kier molecular flexibility index (Phi) is 11.2. The van der Waals surface area contributed by atoms with Crippen LogP contribution in [0.2, 0.25) is 0 Å². The monoisotopic (exact) mass is 439 g/mol. The average Bonchev–Trinajstić information content (AvgIpc) is 2.74. The Morgan fingerprint density at radius 3 is 2.23 bits per heavy atom. The van der Waals surface area contributed by atoms with Crippen molar-refractivity contribution in [2.24, 2.45) is 5.92 Å². The third kappa shape index (κ3) is 8.71. The molecule has 1 unspecified atom stereocenters. The molecule has 2 rings (SSSR count). The van der Waals surface area contributed by atoms with Gasteiger partial charge < -0.3 is 20.5 Å². The zero-order valence-corrected chi connectivity index (χ0v) is 18.0. The number of methoxy groups -OCH3 is 1. The van der Waals surface area contributed by atoms with Gasteiger partial charge in [0, 0.05) is 12.0 Å². The van der Waals surface area contributed by atoms with Crippen LogP contribution in [0, 0.1) is 11.7 Å². The van der Waals surface area contributed by atoms with Gasteiger partial charge in [0.25, 0.3) is 6.47 Å². The first-order valence-corrected chi connectivity index (χ1v) is 9.88. The van der Waals surface area contributed by atoms with E-state index in [0.29, 0.717) is 25.7 Å². The lowest BCUT2D eigenvalue weighted by atomic mass is 9.85. The molecule has 1 saturated carbocycles. The summed E-state index contributed by atoms with van der Waals surface area (Å²) in [5.74, 6) is -1.29. The molecular formula is C21H30FN3O6. The van der Waals surface area contributed by atoms with Crippen molar-refractivity contribution in [3.05, 3.63) is 35.6 Å². The number of carbonyl (C=O) groups is 4. The van der Waals surface area contributed by atoms with E-state index in [4.69, 9.17) is 9.90 Å². The molecule has 1 aliphatic rings. The molecule has 1 fully saturated rings. The van der Waals surface area contributed by atoms with Crippen LogP contribution in [0.15, 0.2) is 24.3 Å². The Morgan fingerprint density at radius 1 is 1.19 bits per heavy atom. The maximum absolute atomic E-state index is 13.2. The molecule has 0 radical (unpaired) electrons. The number of ether oxygens (including phenoxy) is 1. The Labute approximate surface area is 180 Å². The average molecular weight is 439 g/mol. The SMILES string of the molecule is COC(=O)CNC(=O)C1CCC(NC(=O)C(c2ccc(F)cc2)N(C)C)CC1.O=CO. The van der Waals surface area contributed by atoms with Crippen molar-refractivity contribution in [2.75, 3.05) is 27.7 Å². The maximum Gasteiger partial charge on any atom is 0.325 e. The number of nitrogens with zero attached hydrogens (tertiary/aromatic N) is 1. The second kappa shape index (κ2) is 13.3. The minimum absolute atomic E-state index is 0.0138. The number of halogens is 1. The number of amides is 2. The van der Waals surface area contributed by atoms with E-state index in [9.17, 15) is 18.8 Å². The lowest BCUT2D eigenvalue weighted by Crippen LogP contribution is -2.45. The number of likely N-dealkylation sites (N-methyl/N-ethyl adjacent to an activating group) is 1. The molecule has 172 valence electrons. The summed E-state index contributed by atoms with van der Waals surface area (Å²) < 4.78 is 17.7. The van der Waals surface area contributed by atoms with Crippen LogP contribution >= 0.6 is 0 Å². The Balaban J connectivity index is 0.00000151. The minimum atomic E-state index is -0.512. The predicted octanol–water partition coefficient (Wildman–Crippen LogP) is 1.09. The van der Waals surface area contributed by atoms with Crippen LogP contribution in [-0.4, -0.2) is 68.1 Å². The standard InChI is InChI=1S/C20H28FN3O4.CH2O2/c1-24(2)18(13-4-8-15(21)9-5-13)20(27)23-16-10-6-14(7-11-16)19(26)22-12-17(25)28-3;2-1-3/h4-5,8-9,14,16,18H,6-7,10-12H2,1-3H3,(H,22,26)(H,23,27);1H,(H,2,3). The van der Waals surface area contributed by atoms with Crippen LogP contribution in [0.1, 0.15) is 37.3 Å². The first-order chi connectivity index (χ1) is 14.7. The number of hydrogen-bond donors (Lipinski definition) is 3. The van der Waals surface area contributed by atoms with Gasteiger partial charge in [-0.25, -0.2) is 4.39 Å². The third-order valence-electron chi connectivity index (χ3n) is 5.03. The second-order valence-corrected chi connectivity index (χ2v) is 7.37. The van der Waals surface area contributed by atoms with Crippen molar-refractivity contribution >= 4 is 24.3 Å². The van der Waals surface area contributed by atoms with E-state index in [1.54, 1.807) is 31.1 Å². The summed E-state index contributed by atoms with van der Waals surface area (Å²) in [5.41, 5.74) is 0.722. The van der Waals surface area contributed by atoms with Crippen LogP contribution in [0.5, 0.6) is 0 Å². The highest BCUT2D eigenvalue weighted by atomic mass is 19.1. The molecule has 1 aliphatic carbocycles. The largest absolute Gasteiger partial charge is 0.483 e. The number of esters is 1. The molecule has 1 aromatic rings. The zero-order valence-electron chi connectivity index (χ0n) is 18.0. The summed E-state index contributed by atoms with van der Waals surface area (Å²) in [6.07, 6.45) is 2.65. The summed E-state index contributed by atoms with van der Waals surface area (Å²) >= 11 is 0. The van der Waals surface area contributed by atoms with Gasteiger partial charge in [-0.05, 0) is 57.5 Å². The Hall–Kier alpha value is -3.01. The first kappa shape index (κ1) is 26.0. The summed E-state index contributed by atoms with van der Waals surface area (Å²) in [6, 6.07) is 5.39. The van der Waals surface area contributed by atoms with Gasteiger partial charge in [-0.2, -0.15) is 0 Å². The highest BCUT2D eigenvalue weighted by Gasteiger charge is 2.30. The van der Waals surface area contributed by atoms with Crippen LogP contribution in [0.4, 0.5) is 4.39 Å². The molecule has 9 nitrogen and oxygen atoms in total. The van der Waals surface area contributed by atoms with Crippen LogP contribution < -0.4 is 10.6 Å². The molecular weight excluding hydrogens is 409 g/mol. The molecule has 1 atom stereocenters. The summed E-state index contributed by atoms with van der Waals surface area (Å²) in [4.78, 5) is 46.2. The van der Waals surface area contributed by atoms with Gasteiger partial charge in [0.05, 0.1) is 7.11 Å². The highest BCUT2D eigenvalue weighted by molar-refractivity contribution is 5.84. The molecule has 0 aromatic heterocycles. The number of nitrogens with one attached hydrogen (secondary N) is 2. The number of hydrogen-bond acceptors (Lipinski definition) is 6. The number of benzene rings is 1. The van der Waals surface area contributed by atoms with Crippen LogP contribution in [0.3, 0.4) is 0 Å². The third-order valence-corrected chi connectivity index (χ3v) is 5.03. The molecule has 3 N–H and O–H groups in total. The molecule has 0 bridgehead atoms. The fourth-order valence-corrected chi connectivity index (χ4v) is 3.48. The van der Waals surface area contributed by atoms with Gasteiger partial charge in [-0.1, -0.05) is 12.1 Å². The van der Waals surface area contributed by atoms with Crippen molar-refractivity contribution in [3.8, 4) is 0 Å². The van der Waals surface area contributed by atoms with Crippen molar-refractivity contribution < 1.29 is 33.4 Å². The van der Waals surface area contributed by atoms with E-state index in [1.807, 2.05) is 0 Å². The summed E-state index contributed by atoms with van der Waals surface area (Å²) in [6.45, 7) is -0.381. The molecule has 31 heavy (non-hydrogen) atoms. The summed E-state index contributed by atoms with van der Waals surface area (Å²) in [5, 5.41) is 12.5. The van der Waals surface area contributed by atoms with Crippen molar-refractivity contribution in [2.45, 2.75) is 37.8 Å². The molecule has 0 spiro atoms. The van der Waals surface area contributed by atoms with E-state index >= 15 is 0 Å². The van der Waals surface area contributed by atoms with E-state index in [-0.39, 0.29) is 42.6 Å². The fraction of sp³-hybridized carbons (Fsp3) is 0.524. The van der Waals surface area contributed by atoms with Gasteiger partial charge in [-0.3, -0.25) is 24.1 Å². The fourth-order valence-electron chi connectivity index (χ4n) is 3.48. The normalized spacial score (nSPS) is 18.7. The van der Waals surface area contributed by atoms with Gasteiger partial charge >= 0.3 is 5.97 Å². The second-order valence-electron chi connectivity index (χ2n) is 7.37. The van der Waals surface area contributed by atoms with Crippen molar-refractivity contribution in [1.29, 1.82) is 0 Å². The highest BCUT2D eigenvalue weighted by Crippen LogP contribution is 2.26. The van der Waals surface area contributed by atoms with Gasteiger partial charge in [0.15, 0.2) is 0 Å². The van der Waals surface area contributed by atoms with E-state index in [2.05, 4.69) is 15.4 Å². The predicted molar refractivity (Wildman–Crippen MR) is 110 cm³/mol. The molecule has 2 amide bonds. The van der Waals surface area contributed by atoms with Crippen LogP contribution in [0.25, 0.3) is 0 Å². The minimum Gasteiger partial charge on any atom is -0.483 e. The maximum atomic E-state index is 13.2. The molecule has 0 heterocycles. The van der Waals surface area contributed by atoms with Gasteiger partial charge in [-0.15, -0.1) is 0 Å². The zero-order chi connectivity index (χ0) is 23.4. The first-order valence-electron chi connectivity index (χ1n) is 9.88. The lowest BCUT2D eigenvalue weighted by molar-refractivity contribution is -0.141. The number of carboxylic acid groups (broad SMARTS) is 1. The van der Waals surface area contributed by atoms with Crippen molar-refractivity contribution in [1.82, 2.24) is 15.5 Å². The number of rotatable bonds is 7. The molecule has 10 heteroatoms. The van der Waals surface area contributed by atoms with E-state index in [0.717, 1.165) is 5.56 Å². The number of carbonyl (C=O) groups excluding carboxylic acids is 3. The van der Waals surface area contributed by atoms with Crippen LogP contribution in [-0.2, 0) is 23.9 Å². The topological polar surface area (TPSA) is 125 Å². The van der Waals surface area contributed by atoms with Gasteiger partial charge in [0.2, 0.25) is 11.8 Å². The van der Waals surface area contributed by atoms with Gasteiger partial charge in [0.1, 0.15) is 18.4 Å². The Bertz CT molecular complexity index is 733. The Morgan fingerprint density at radius 2 is 1.74 bits per heavy atom. The van der Waals surface area contributed by atoms with Crippen molar-refractivity contribution in [3.63, 3.8) is 0 Å². The molecule has 0 saturated heterocycles.